The van der Waals surface area contributed by atoms with E-state index in [-0.39, 0.29) is 11.7 Å². The van der Waals surface area contributed by atoms with Gasteiger partial charge >= 0.3 is 0 Å². The maximum Gasteiger partial charge on any atom is 0.148 e. The molecule has 2 rings (SSSR count). The van der Waals surface area contributed by atoms with Crippen LogP contribution in [0.2, 0.25) is 0 Å². The number of para-hydroxylation sites is 1. The summed E-state index contributed by atoms with van der Waals surface area (Å²) in [6, 6.07) is 6.74. The van der Waals surface area contributed by atoms with E-state index in [0.717, 1.165) is 24.3 Å². The fourth-order valence-electron chi connectivity index (χ4n) is 2.22. The Morgan fingerprint density at radius 3 is 2.68 bits per heavy atom. The highest BCUT2D eigenvalue weighted by Crippen LogP contribution is 2.24. The molecule has 2 aromatic rings. The number of nitrogens with one attached hydrogen (secondary N) is 1. The van der Waals surface area contributed by atoms with E-state index in [0.29, 0.717) is 5.69 Å². The summed E-state index contributed by atoms with van der Waals surface area (Å²) in [5.74, 6) is 0.0401. The van der Waals surface area contributed by atoms with E-state index in [9.17, 15) is 4.39 Å². The van der Waals surface area contributed by atoms with E-state index in [1.54, 1.807) is 16.8 Å². The SMILES string of the molecule is CCNCc1cnn(-c2ccccc2F)c1C(C)C. The second kappa shape index (κ2) is 5.97. The Kier molecular flexibility index (Phi) is 4.32. The fourth-order valence-corrected chi connectivity index (χ4v) is 2.22. The summed E-state index contributed by atoms with van der Waals surface area (Å²) in [7, 11) is 0. The molecule has 0 saturated heterocycles. The van der Waals surface area contributed by atoms with Crippen LogP contribution in [-0.4, -0.2) is 16.3 Å². The molecular formula is C15H20FN3. The second-order valence-corrected chi connectivity index (χ2v) is 4.85. The van der Waals surface area contributed by atoms with E-state index >= 15 is 0 Å². The van der Waals surface area contributed by atoms with E-state index in [4.69, 9.17) is 0 Å². The highest BCUT2D eigenvalue weighted by molar-refractivity contribution is 5.37. The quantitative estimate of drug-likeness (QED) is 0.895. The van der Waals surface area contributed by atoms with Crippen LogP contribution in [0.1, 0.15) is 37.9 Å². The van der Waals surface area contributed by atoms with Crippen LogP contribution in [0.25, 0.3) is 5.69 Å². The lowest BCUT2D eigenvalue weighted by Crippen LogP contribution is -2.14. The highest BCUT2D eigenvalue weighted by atomic mass is 19.1. The zero-order valence-corrected chi connectivity index (χ0v) is 11.7. The average Bonchev–Trinajstić information content (AvgIpc) is 2.80. The Morgan fingerprint density at radius 1 is 1.32 bits per heavy atom. The van der Waals surface area contributed by atoms with Gasteiger partial charge in [-0.2, -0.15) is 5.10 Å². The molecule has 1 aromatic carbocycles. The molecule has 4 heteroatoms. The van der Waals surface area contributed by atoms with Crippen LogP contribution < -0.4 is 5.32 Å². The van der Waals surface area contributed by atoms with Gasteiger partial charge in [0.15, 0.2) is 0 Å². The number of halogens is 1. The summed E-state index contributed by atoms with van der Waals surface area (Å²) in [4.78, 5) is 0. The molecule has 0 saturated carbocycles. The topological polar surface area (TPSA) is 29.9 Å². The van der Waals surface area contributed by atoms with Crippen molar-refractivity contribution in [3.8, 4) is 5.69 Å². The first-order chi connectivity index (χ1) is 9.15. The van der Waals surface area contributed by atoms with Gasteiger partial charge in [0, 0.05) is 12.1 Å². The first-order valence-corrected chi connectivity index (χ1v) is 6.67. The molecule has 0 spiro atoms. The average molecular weight is 261 g/mol. The third-order valence-electron chi connectivity index (χ3n) is 3.08. The zero-order valence-electron chi connectivity index (χ0n) is 11.7. The molecule has 1 N–H and O–H groups in total. The molecule has 102 valence electrons. The van der Waals surface area contributed by atoms with E-state index in [1.165, 1.54) is 6.07 Å². The predicted octanol–water partition coefficient (Wildman–Crippen LogP) is 3.24. The fraction of sp³-hybridized carbons (Fsp3) is 0.400. The third kappa shape index (κ3) is 2.84. The molecule has 1 heterocycles. The summed E-state index contributed by atoms with van der Waals surface area (Å²) in [6.07, 6.45) is 1.82. The lowest BCUT2D eigenvalue weighted by molar-refractivity contribution is 0.600. The van der Waals surface area contributed by atoms with Crippen molar-refractivity contribution in [3.63, 3.8) is 0 Å². The van der Waals surface area contributed by atoms with Gasteiger partial charge in [-0.25, -0.2) is 9.07 Å². The monoisotopic (exact) mass is 261 g/mol. The second-order valence-electron chi connectivity index (χ2n) is 4.85. The predicted molar refractivity (Wildman–Crippen MR) is 75.0 cm³/mol. The van der Waals surface area contributed by atoms with Gasteiger partial charge in [-0.1, -0.05) is 32.9 Å². The van der Waals surface area contributed by atoms with Crippen molar-refractivity contribution in [2.45, 2.75) is 33.2 Å². The van der Waals surface area contributed by atoms with Crippen molar-refractivity contribution in [1.29, 1.82) is 0 Å². The molecule has 19 heavy (non-hydrogen) atoms. The van der Waals surface area contributed by atoms with Crippen molar-refractivity contribution in [2.24, 2.45) is 0 Å². The van der Waals surface area contributed by atoms with Gasteiger partial charge in [-0.05, 0) is 24.6 Å². The first kappa shape index (κ1) is 13.7. The van der Waals surface area contributed by atoms with Crippen molar-refractivity contribution < 1.29 is 4.39 Å². The van der Waals surface area contributed by atoms with Crippen LogP contribution in [0.15, 0.2) is 30.5 Å². The van der Waals surface area contributed by atoms with Crippen LogP contribution in [0.4, 0.5) is 4.39 Å². The lowest BCUT2D eigenvalue weighted by atomic mass is 10.1. The molecule has 0 amide bonds. The molecule has 0 unspecified atom stereocenters. The van der Waals surface area contributed by atoms with Gasteiger partial charge in [-0.3, -0.25) is 0 Å². The molecular weight excluding hydrogens is 241 g/mol. The largest absolute Gasteiger partial charge is 0.313 e. The van der Waals surface area contributed by atoms with Crippen LogP contribution in [0, 0.1) is 5.82 Å². The smallest absolute Gasteiger partial charge is 0.148 e. The number of rotatable bonds is 5. The van der Waals surface area contributed by atoms with Gasteiger partial charge < -0.3 is 5.32 Å². The normalized spacial score (nSPS) is 11.2. The molecule has 0 atom stereocenters. The van der Waals surface area contributed by atoms with Gasteiger partial charge in [0.05, 0.1) is 11.9 Å². The van der Waals surface area contributed by atoms with Crippen molar-refractivity contribution in [3.05, 3.63) is 47.5 Å². The molecule has 0 aliphatic rings. The highest BCUT2D eigenvalue weighted by Gasteiger charge is 2.16. The van der Waals surface area contributed by atoms with Crippen LogP contribution in [0.3, 0.4) is 0 Å². The minimum absolute atomic E-state index is 0.248. The third-order valence-corrected chi connectivity index (χ3v) is 3.08. The van der Waals surface area contributed by atoms with E-state index < -0.39 is 0 Å². The maximum absolute atomic E-state index is 13.9. The van der Waals surface area contributed by atoms with Crippen LogP contribution in [-0.2, 0) is 6.54 Å². The maximum atomic E-state index is 13.9. The molecule has 1 aromatic heterocycles. The number of hydrogen-bond donors (Lipinski definition) is 1. The van der Waals surface area contributed by atoms with Crippen LogP contribution in [0.5, 0.6) is 0 Å². The zero-order chi connectivity index (χ0) is 13.8. The summed E-state index contributed by atoms with van der Waals surface area (Å²) >= 11 is 0. The summed E-state index contributed by atoms with van der Waals surface area (Å²) in [5.41, 5.74) is 2.69. The standard InChI is InChI=1S/C15H20FN3/c1-4-17-9-12-10-18-19(15(12)11(2)3)14-8-6-5-7-13(14)16/h5-8,10-11,17H,4,9H2,1-3H3. The summed E-state index contributed by atoms with van der Waals surface area (Å²) in [6.45, 7) is 7.94. The minimum atomic E-state index is -0.248. The Hall–Kier alpha value is -1.68. The molecule has 0 aliphatic carbocycles. The number of hydrogen-bond acceptors (Lipinski definition) is 2. The Balaban J connectivity index is 2.46. The van der Waals surface area contributed by atoms with Gasteiger partial charge in [0.25, 0.3) is 0 Å². The molecule has 3 nitrogen and oxygen atoms in total. The minimum Gasteiger partial charge on any atom is -0.313 e. The van der Waals surface area contributed by atoms with Crippen LogP contribution >= 0.6 is 0 Å². The van der Waals surface area contributed by atoms with Crippen molar-refractivity contribution in [2.75, 3.05) is 6.54 Å². The van der Waals surface area contributed by atoms with Gasteiger partial charge in [-0.15, -0.1) is 0 Å². The van der Waals surface area contributed by atoms with E-state index in [2.05, 4.69) is 31.2 Å². The number of benzene rings is 1. The number of nitrogens with zero attached hydrogens (tertiary/aromatic N) is 2. The summed E-state index contributed by atoms with van der Waals surface area (Å²) in [5, 5.41) is 7.65. The lowest BCUT2D eigenvalue weighted by Gasteiger charge is -2.13. The van der Waals surface area contributed by atoms with Crippen molar-refractivity contribution in [1.82, 2.24) is 15.1 Å². The summed E-state index contributed by atoms with van der Waals surface area (Å²) < 4.78 is 15.6. The van der Waals surface area contributed by atoms with E-state index in [1.807, 2.05) is 12.3 Å². The molecule has 0 bridgehead atoms. The van der Waals surface area contributed by atoms with Gasteiger partial charge in [0.1, 0.15) is 11.5 Å². The number of aromatic nitrogens is 2. The molecule has 0 fully saturated rings. The Morgan fingerprint density at radius 2 is 2.05 bits per heavy atom. The Labute approximate surface area is 113 Å². The Bertz CT molecular complexity index is 546. The first-order valence-electron chi connectivity index (χ1n) is 6.67. The molecule has 0 aliphatic heterocycles. The van der Waals surface area contributed by atoms with Gasteiger partial charge in [0.2, 0.25) is 0 Å². The molecule has 0 radical (unpaired) electrons. The van der Waals surface area contributed by atoms with Crippen molar-refractivity contribution >= 4 is 0 Å².